The fourth-order valence-electron chi connectivity index (χ4n) is 2.46. The van der Waals surface area contributed by atoms with E-state index in [1.165, 1.54) is 0 Å². The molecule has 1 aliphatic rings. The van der Waals surface area contributed by atoms with Crippen LogP contribution in [0.1, 0.15) is 37.7 Å². The molecule has 0 spiro atoms. The third kappa shape index (κ3) is 3.56. The smallest absolute Gasteiger partial charge is 0.303 e. The Bertz CT molecular complexity index is 470. The summed E-state index contributed by atoms with van der Waals surface area (Å²) in [7, 11) is 0. The van der Waals surface area contributed by atoms with Crippen LogP contribution in [0.3, 0.4) is 0 Å². The average molecular weight is 261 g/mol. The summed E-state index contributed by atoms with van der Waals surface area (Å²) in [6.07, 6.45) is 4.29. The third-order valence-corrected chi connectivity index (χ3v) is 3.45. The minimum atomic E-state index is -0.733. The zero-order chi connectivity index (χ0) is 13.7. The number of anilines is 1. The van der Waals surface area contributed by atoms with Gasteiger partial charge in [-0.15, -0.1) is 0 Å². The van der Waals surface area contributed by atoms with Gasteiger partial charge in [0.15, 0.2) is 0 Å². The average Bonchev–Trinajstić information content (AvgIpc) is 2.69. The van der Waals surface area contributed by atoms with Crippen molar-refractivity contribution in [2.24, 2.45) is 0 Å². The number of rotatable bonds is 7. The van der Waals surface area contributed by atoms with Gasteiger partial charge in [-0.1, -0.05) is 31.0 Å². The van der Waals surface area contributed by atoms with Crippen LogP contribution in [-0.4, -0.2) is 23.5 Å². The number of aliphatic carboxylic acids is 1. The molecule has 1 aromatic rings. The first-order valence-electron chi connectivity index (χ1n) is 6.78. The summed E-state index contributed by atoms with van der Waals surface area (Å²) in [6, 6.07) is 7.91. The van der Waals surface area contributed by atoms with Crippen molar-refractivity contribution in [3.8, 4) is 0 Å². The monoisotopic (exact) mass is 261 g/mol. The Labute approximate surface area is 113 Å². The molecule has 0 radical (unpaired) electrons. The first-order chi connectivity index (χ1) is 9.18. The number of hydrogen-bond donors (Lipinski definition) is 1. The standard InChI is InChI=1S/C15H19NO3/c17-14-11-12-7-4-5-8-13(12)16(14)10-6-2-1-3-9-15(18)19/h4-5,7-8H,1-3,6,9-11H2,(H,18,19). The third-order valence-electron chi connectivity index (χ3n) is 3.45. The Balaban J connectivity index is 1.74. The molecule has 1 amide bonds. The van der Waals surface area contributed by atoms with Crippen molar-refractivity contribution in [1.82, 2.24) is 0 Å². The van der Waals surface area contributed by atoms with Gasteiger partial charge < -0.3 is 10.0 Å². The van der Waals surface area contributed by atoms with Crippen LogP contribution in [0.4, 0.5) is 5.69 Å². The number of fused-ring (bicyclic) bond motifs is 1. The summed E-state index contributed by atoms with van der Waals surface area (Å²) in [5, 5.41) is 8.53. The van der Waals surface area contributed by atoms with Crippen LogP contribution in [0.25, 0.3) is 0 Å². The van der Waals surface area contributed by atoms with Crippen LogP contribution in [0.15, 0.2) is 24.3 Å². The number of carbonyl (C=O) groups is 2. The predicted molar refractivity (Wildman–Crippen MR) is 73.2 cm³/mol. The Morgan fingerprint density at radius 3 is 2.68 bits per heavy atom. The predicted octanol–water partition coefficient (Wildman–Crippen LogP) is 2.61. The number of carbonyl (C=O) groups excluding carboxylic acids is 1. The molecule has 0 saturated carbocycles. The molecule has 0 aromatic heterocycles. The Kier molecular flexibility index (Phi) is 4.55. The Morgan fingerprint density at radius 1 is 1.16 bits per heavy atom. The minimum absolute atomic E-state index is 0.173. The van der Waals surface area contributed by atoms with Gasteiger partial charge in [0.05, 0.1) is 6.42 Å². The largest absolute Gasteiger partial charge is 0.481 e. The van der Waals surface area contributed by atoms with E-state index in [-0.39, 0.29) is 12.3 Å². The molecule has 4 heteroatoms. The minimum Gasteiger partial charge on any atom is -0.481 e. The molecule has 2 rings (SSSR count). The van der Waals surface area contributed by atoms with Crippen molar-refractivity contribution < 1.29 is 14.7 Å². The van der Waals surface area contributed by atoms with Gasteiger partial charge >= 0.3 is 5.97 Å². The van der Waals surface area contributed by atoms with E-state index in [0.717, 1.165) is 43.5 Å². The zero-order valence-corrected chi connectivity index (χ0v) is 11.0. The number of hydrogen-bond acceptors (Lipinski definition) is 2. The number of nitrogens with zero attached hydrogens (tertiary/aromatic N) is 1. The molecule has 0 saturated heterocycles. The maximum absolute atomic E-state index is 11.9. The van der Waals surface area contributed by atoms with Crippen LogP contribution in [-0.2, 0) is 16.0 Å². The first-order valence-corrected chi connectivity index (χ1v) is 6.78. The molecule has 102 valence electrons. The van der Waals surface area contributed by atoms with Gasteiger partial charge in [-0.25, -0.2) is 0 Å². The topological polar surface area (TPSA) is 57.6 Å². The number of carboxylic acids is 1. The summed E-state index contributed by atoms with van der Waals surface area (Å²) in [5.41, 5.74) is 2.15. The number of amides is 1. The molecular weight excluding hydrogens is 242 g/mol. The molecule has 1 heterocycles. The molecule has 4 nitrogen and oxygen atoms in total. The lowest BCUT2D eigenvalue weighted by Crippen LogP contribution is -2.27. The molecule has 1 N–H and O–H groups in total. The lowest BCUT2D eigenvalue weighted by atomic mass is 10.1. The van der Waals surface area contributed by atoms with Crippen molar-refractivity contribution >= 4 is 17.6 Å². The normalized spacial score (nSPS) is 13.7. The van der Waals surface area contributed by atoms with Crippen LogP contribution in [0, 0.1) is 0 Å². The number of unbranched alkanes of at least 4 members (excludes halogenated alkanes) is 3. The van der Waals surface area contributed by atoms with E-state index in [9.17, 15) is 9.59 Å². The molecule has 1 aliphatic heterocycles. The summed E-state index contributed by atoms with van der Waals surface area (Å²) in [4.78, 5) is 24.1. The second kappa shape index (κ2) is 6.36. The van der Waals surface area contributed by atoms with Gasteiger partial charge in [-0.3, -0.25) is 9.59 Å². The summed E-state index contributed by atoms with van der Waals surface area (Å²) in [6.45, 7) is 0.739. The Morgan fingerprint density at radius 2 is 1.89 bits per heavy atom. The molecule has 0 bridgehead atoms. The molecule has 0 fully saturated rings. The fourth-order valence-corrected chi connectivity index (χ4v) is 2.46. The number of benzene rings is 1. The van der Waals surface area contributed by atoms with Crippen LogP contribution < -0.4 is 4.90 Å². The highest BCUT2D eigenvalue weighted by molar-refractivity contribution is 6.01. The second-order valence-corrected chi connectivity index (χ2v) is 4.91. The summed E-state index contributed by atoms with van der Waals surface area (Å²) in [5.74, 6) is -0.560. The van der Waals surface area contributed by atoms with Gasteiger partial charge in [0.1, 0.15) is 0 Å². The van der Waals surface area contributed by atoms with E-state index in [0.29, 0.717) is 6.42 Å². The van der Waals surface area contributed by atoms with Crippen LogP contribution >= 0.6 is 0 Å². The maximum atomic E-state index is 11.9. The van der Waals surface area contributed by atoms with Gasteiger partial charge in [0.2, 0.25) is 5.91 Å². The highest BCUT2D eigenvalue weighted by Crippen LogP contribution is 2.28. The lowest BCUT2D eigenvalue weighted by molar-refractivity contribution is -0.137. The van der Waals surface area contributed by atoms with Crippen molar-refractivity contribution in [2.45, 2.75) is 38.5 Å². The highest BCUT2D eigenvalue weighted by Gasteiger charge is 2.25. The summed E-state index contributed by atoms with van der Waals surface area (Å²) < 4.78 is 0. The highest BCUT2D eigenvalue weighted by atomic mass is 16.4. The van der Waals surface area contributed by atoms with Gasteiger partial charge in [-0.2, -0.15) is 0 Å². The van der Waals surface area contributed by atoms with E-state index < -0.39 is 5.97 Å². The van der Waals surface area contributed by atoms with Gasteiger partial charge in [0, 0.05) is 18.7 Å². The van der Waals surface area contributed by atoms with Crippen molar-refractivity contribution in [3.05, 3.63) is 29.8 Å². The molecule has 19 heavy (non-hydrogen) atoms. The zero-order valence-electron chi connectivity index (χ0n) is 11.0. The van der Waals surface area contributed by atoms with E-state index in [1.807, 2.05) is 29.2 Å². The quantitative estimate of drug-likeness (QED) is 0.767. The molecule has 0 aliphatic carbocycles. The SMILES string of the molecule is O=C(O)CCCCCCN1C(=O)Cc2ccccc21. The molecule has 0 unspecified atom stereocenters. The van der Waals surface area contributed by atoms with Gasteiger partial charge in [0.25, 0.3) is 0 Å². The summed E-state index contributed by atoms with van der Waals surface area (Å²) >= 11 is 0. The van der Waals surface area contributed by atoms with E-state index in [4.69, 9.17) is 5.11 Å². The number of carboxylic acid groups (broad SMARTS) is 1. The molecule has 0 atom stereocenters. The second-order valence-electron chi connectivity index (χ2n) is 4.91. The molecule has 1 aromatic carbocycles. The number of para-hydroxylation sites is 1. The van der Waals surface area contributed by atoms with E-state index in [1.54, 1.807) is 0 Å². The first kappa shape index (κ1) is 13.6. The lowest BCUT2D eigenvalue weighted by Gasteiger charge is -2.17. The van der Waals surface area contributed by atoms with E-state index in [2.05, 4.69) is 0 Å². The van der Waals surface area contributed by atoms with Crippen LogP contribution in [0.2, 0.25) is 0 Å². The van der Waals surface area contributed by atoms with Crippen LogP contribution in [0.5, 0.6) is 0 Å². The maximum Gasteiger partial charge on any atom is 0.303 e. The van der Waals surface area contributed by atoms with Crippen molar-refractivity contribution in [1.29, 1.82) is 0 Å². The fraction of sp³-hybridized carbons (Fsp3) is 0.467. The van der Waals surface area contributed by atoms with E-state index >= 15 is 0 Å². The Hall–Kier alpha value is -1.84. The van der Waals surface area contributed by atoms with Gasteiger partial charge in [-0.05, 0) is 24.5 Å². The van der Waals surface area contributed by atoms with Crippen molar-refractivity contribution in [2.75, 3.05) is 11.4 Å². The molecular formula is C15H19NO3. The van der Waals surface area contributed by atoms with Crippen molar-refractivity contribution in [3.63, 3.8) is 0 Å².